The second-order valence-electron chi connectivity index (χ2n) is 7.72. The fourth-order valence-electron chi connectivity index (χ4n) is 3.95. The monoisotopic (exact) mass is 508 g/mol. The Kier molecular flexibility index (Phi) is 7.38. The summed E-state index contributed by atoms with van der Waals surface area (Å²) in [6.45, 7) is 2.32. The zero-order chi connectivity index (χ0) is 25.1. The van der Waals surface area contributed by atoms with E-state index < -0.39 is 42.1 Å². The Morgan fingerprint density at radius 3 is 2.80 bits per heavy atom. The number of ether oxygens (including phenoxy) is 3. The van der Waals surface area contributed by atoms with Crippen molar-refractivity contribution in [2.75, 3.05) is 26.8 Å². The molecule has 1 saturated heterocycles. The van der Waals surface area contributed by atoms with E-state index in [9.17, 15) is 23.5 Å². The van der Waals surface area contributed by atoms with Gasteiger partial charge in [-0.1, -0.05) is 6.07 Å². The zero-order valence-electron chi connectivity index (χ0n) is 18.7. The first-order valence-electron chi connectivity index (χ1n) is 10.5. The molecule has 0 radical (unpaired) electrons. The van der Waals surface area contributed by atoms with Crippen molar-refractivity contribution in [2.24, 2.45) is 4.99 Å². The van der Waals surface area contributed by atoms with E-state index in [-0.39, 0.29) is 17.7 Å². The molecule has 1 aromatic heterocycles. The van der Waals surface area contributed by atoms with Gasteiger partial charge in [-0.05, 0) is 24.6 Å². The molecule has 1 fully saturated rings. The smallest absolute Gasteiger partial charge is 0.466 e. The number of carbonyl (C=O) groups excluding carboxylic acids is 1. The van der Waals surface area contributed by atoms with Crippen molar-refractivity contribution < 1.29 is 37.7 Å². The summed E-state index contributed by atoms with van der Waals surface area (Å²) in [4.78, 5) is 34.7. The topological polar surface area (TPSA) is 123 Å². The number of hydrogen-bond donors (Lipinski definition) is 2. The minimum Gasteiger partial charge on any atom is -0.466 e. The average molecular weight is 509 g/mol. The van der Waals surface area contributed by atoms with Gasteiger partial charge in [0.15, 0.2) is 28.7 Å². The third kappa shape index (κ3) is 5.31. The van der Waals surface area contributed by atoms with Crippen molar-refractivity contribution in [1.82, 2.24) is 15.2 Å². The maximum atomic E-state index is 14.1. The summed E-state index contributed by atoms with van der Waals surface area (Å²) in [5.74, 6) is -2.54. The van der Waals surface area contributed by atoms with E-state index in [1.54, 1.807) is 23.4 Å². The Balaban J connectivity index is 1.80. The molecule has 1 aromatic carbocycles. The van der Waals surface area contributed by atoms with Gasteiger partial charge in [0.2, 0.25) is 0 Å². The highest BCUT2D eigenvalue weighted by atomic mass is 32.1. The molecule has 13 heteroatoms. The molecule has 0 bridgehead atoms. The van der Waals surface area contributed by atoms with Crippen molar-refractivity contribution >= 4 is 29.3 Å². The lowest BCUT2D eigenvalue weighted by Crippen LogP contribution is -2.54. The maximum Gasteiger partial charge on any atom is 0.507 e. The van der Waals surface area contributed by atoms with Crippen LogP contribution in [0.15, 0.2) is 46.0 Å². The lowest BCUT2D eigenvalue weighted by molar-refractivity contribution is -0.155. The number of aromatic nitrogens is 1. The molecule has 186 valence electrons. The number of nitrogens with one attached hydrogen (secondary N) is 1. The number of benzene rings is 1. The van der Waals surface area contributed by atoms with Crippen LogP contribution in [-0.2, 0) is 19.0 Å². The normalized spacial score (nSPS) is 22.9. The van der Waals surface area contributed by atoms with Gasteiger partial charge >= 0.3 is 12.1 Å². The number of rotatable bonds is 6. The van der Waals surface area contributed by atoms with Crippen LogP contribution in [0.4, 0.5) is 13.6 Å². The molecule has 2 aliphatic rings. The Morgan fingerprint density at radius 2 is 2.14 bits per heavy atom. The number of methoxy groups -OCH3 is 1. The first-order chi connectivity index (χ1) is 16.8. The number of morpholine rings is 1. The molecule has 0 unspecified atom stereocenters. The minimum absolute atomic E-state index is 0.0284. The summed E-state index contributed by atoms with van der Waals surface area (Å²) < 4.78 is 43.3. The molecule has 3 atom stereocenters. The van der Waals surface area contributed by atoms with Gasteiger partial charge in [0.1, 0.15) is 12.1 Å². The predicted octanol–water partition coefficient (Wildman–Crippen LogP) is 2.68. The van der Waals surface area contributed by atoms with Crippen molar-refractivity contribution in [3.05, 3.63) is 63.3 Å². The summed E-state index contributed by atoms with van der Waals surface area (Å²) in [5, 5.41) is 14.5. The Morgan fingerprint density at radius 1 is 1.34 bits per heavy atom. The molecule has 0 saturated carbocycles. The second kappa shape index (κ2) is 10.5. The SMILES string of the molecule is COC(=O)C1=C(CN2CCO[C@H](C)[C@@H]2OC(=O)O)NC(c2nccs2)=N[C@H]1c1ccc(F)c(F)c1. The van der Waals surface area contributed by atoms with Gasteiger partial charge < -0.3 is 24.6 Å². The molecule has 0 amide bonds. The number of halogens is 2. The number of hydrogen-bond acceptors (Lipinski definition) is 10. The van der Waals surface area contributed by atoms with E-state index in [4.69, 9.17) is 14.2 Å². The van der Waals surface area contributed by atoms with E-state index in [0.29, 0.717) is 29.7 Å². The molecule has 2 aromatic rings. The number of aliphatic imine (C=N–C) groups is 1. The summed E-state index contributed by atoms with van der Waals surface area (Å²) in [6, 6.07) is 2.23. The highest BCUT2D eigenvalue weighted by molar-refractivity contribution is 7.11. The Bertz CT molecular complexity index is 1170. The number of carbonyl (C=O) groups is 2. The van der Waals surface area contributed by atoms with Crippen LogP contribution in [0, 0.1) is 11.6 Å². The van der Waals surface area contributed by atoms with Gasteiger partial charge in [-0.25, -0.2) is 23.4 Å². The first-order valence-corrected chi connectivity index (χ1v) is 11.4. The van der Waals surface area contributed by atoms with Gasteiger partial charge in [-0.2, -0.15) is 0 Å². The quantitative estimate of drug-likeness (QED) is 0.567. The number of amidine groups is 1. The summed E-state index contributed by atoms with van der Waals surface area (Å²) in [6.07, 6.45) is -1.41. The summed E-state index contributed by atoms with van der Waals surface area (Å²) in [7, 11) is 1.20. The van der Waals surface area contributed by atoms with E-state index >= 15 is 0 Å². The number of nitrogens with zero attached hydrogens (tertiary/aromatic N) is 3. The minimum atomic E-state index is -1.47. The number of thiazole rings is 1. The Labute approximate surface area is 202 Å². The first kappa shape index (κ1) is 24.7. The highest BCUT2D eigenvalue weighted by Gasteiger charge is 2.38. The summed E-state index contributed by atoms with van der Waals surface area (Å²) >= 11 is 1.29. The van der Waals surface area contributed by atoms with Crippen LogP contribution in [0.25, 0.3) is 0 Å². The molecule has 2 N–H and O–H groups in total. The summed E-state index contributed by atoms with van der Waals surface area (Å²) in [5.41, 5.74) is 0.623. The molecule has 35 heavy (non-hydrogen) atoms. The van der Waals surface area contributed by atoms with Crippen molar-refractivity contribution in [2.45, 2.75) is 25.3 Å². The van der Waals surface area contributed by atoms with Crippen LogP contribution >= 0.6 is 11.3 Å². The standard InChI is InChI=1S/C22H22F2N4O6S/c1-11-20(34-22(30)31)28(6-7-33-11)10-15-16(21(29)32-2)17(12-3-4-13(23)14(24)9-12)27-18(26-15)19-25-5-8-35-19/h3-5,8-9,11,17,20H,6-7,10H2,1-2H3,(H,26,27)(H,30,31)/t11-,17+,20+/m1/s1. The van der Waals surface area contributed by atoms with Crippen molar-refractivity contribution in [3.8, 4) is 0 Å². The van der Waals surface area contributed by atoms with Gasteiger partial charge in [-0.3, -0.25) is 9.89 Å². The molecular weight excluding hydrogens is 486 g/mol. The van der Waals surface area contributed by atoms with Crippen LogP contribution in [-0.4, -0.2) is 72.1 Å². The molecule has 2 aliphatic heterocycles. The molecule has 10 nitrogen and oxygen atoms in total. The maximum absolute atomic E-state index is 14.1. The fourth-order valence-corrected chi connectivity index (χ4v) is 4.54. The van der Waals surface area contributed by atoms with E-state index in [0.717, 1.165) is 12.1 Å². The lowest BCUT2D eigenvalue weighted by atomic mass is 9.95. The van der Waals surface area contributed by atoms with E-state index in [2.05, 4.69) is 15.3 Å². The molecule has 3 heterocycles. The van der Waals surface area contributed by atoms with Crippen LogP contribution in [0.5, 0.6) is 0 Å². The van der Waals surface area contributed by atoms with Crippen molar-refractivity contribution in [3.63, 3.8) is 0 Å². The number of carboxylic acid groups (broad SMARTS) is 1. The lowest BCUT2D eigenvalue weighted by Gasteiger charge is -2.39. The fraction of sp³-hybridized carbons (Fsp3) is 0.364. The van der Waals surface area contributed by atoms with Gasteiger partial charge in [-0.15, -0.1) is 11.3 Å². The van der Waals surface area contributed by atoms with Crippen LogP contribution in [0.3, 0.4) is 0 Å². The molecular formula is C22H22F2N4O6S. The van der Waals surface area contributed by atoms with Gasteiger partial charge in [0, 0.05) is 30.4 Å². The van der Waals surface area contributed by atoms with Crippen molar-refractivity contribution in [1.29, 1.82) is 0 Å². The molecule has 4 rings (SSSR count). The van der Waals surface area contributed by atoms with E-state index in [1.165, 1.54) is 24.5 Å². The third-order valence-electron chi connectivity index (χ3n) is 5.53. The molecule has 0 aliphatic carbocycles. The third-order valence-corrected chi connectivity index (χ3v) is 6.31. The highest BCUT2D eigenvalue weighted by Crippen LogP contribution is 2.34. The van der Waals surface area contributed by atoms with Crippen LogP contribution in [0.1, 0.15) is 23.5 Å². The zero-order valence-corrected chi connectivity index (χ0v) is 19.6. The van der Waals surface area contributed by atoms with E-state index in [1.807, 2.05) is 0 Å². The average Bonchev–Trinajstić information content (AvgIpc) is 3.37. The largest absolute Gasteiger partial charge is 0.507 e. The van der Waals surface area contributed by atoms with Crippen LogP contribution in [0.2, 0.25) is 0 Å². The second-order valence-corrected chi connectivity index (χ2v) is 8.62. The van der Waals surface area contributed by atoms with Gasteiger partial charge in [0.25, 0.3) is 0 Å². The van der Waals surface area contributed by atoms with Crippen LogP contribution < -0.4 is 5.32 Å². The molecule has 0 spiro atoms. The number of esters is 1. The predicted molar refractivity (Wildman–Crippen MR) is 120 cm³/mol. The Hall–Kier alpha value is -3.42. The van der Waals surface area contributed by atoms with Gasteiger partial charge in [0.05, 0.1) is 19.3 Å².